The molecule has 1 aromatic carbocycles. The molecule has 0 bridgehead atoms. The number of carbonyl (C=O) groups excluding carboxylic acids is 1. The number of rotatable bonds is 4. The van der Waals surface area contributed by atoms with Crippen molar-refractivity contribution in [1.82, 2.24) is 10.6 Å². The van der Waals surface area contributed by atoms with E-state index in [0.29, 0.717) is 12.0 Å². The van der Waals surface area contributed by atoms with Gasteiger partial charge in [-0.2, -0.15) is 0 Å². The molecule has 1 aromatic rings. The van der Waals surface area contributed by atoms with Gasteiger partial charge in [-0.25, -0.2) is 0 Å². The Morgan fingerprint density at radius 2 is 2.17 bits per heavy atom. The first-order chi connectivity index (χ1) is 8.61. The quantitative estimate of drug-likeness (QED) is 0.855. The van der Waals surface area contributed by atoms with E-state index in [4.69, 9.17) is 0 Å². The number of benzene rings is 1. The molecule has 1 aliphatic heterocycles. The average Bonchev–Trinajstić information content (AvgIpc) is 2.36. The van der Waals surface area contributed by atoms with Gasteiger partial charge in [0, 0.05) is 18.2 Å². The maximum absolute atomic E-state index is 11.8. The monoisotopic (exact) mass is 246 g/mol. The van der Waals surface area contributed by atoms with Gasteiger partial charge in [-0.1, -0.05) is 26.0 Å². The van der Waals surface area contributed by atoms with Crippen molar-refractivity contribution in [3.05, 3.63) is 34.9 Å². The van der Waals surface area contributed by atoms with Crippen LogP contribution in [0.1, 0.15) is 47.8 Å². The third-order valence-corrected chi connectivity index (χ3v) is 3.52. The van der Waals surface area contributed by atoms with Crippen molar-refractivity contribution in [2.45, 2.75) is 32.7 Å². The SMILES string of the molecule is CNC(CC(C)C)c1ccc2c(c1)C(=O)NCC2. The fraction of sp³-hybridized carbons (Fsp3) is 0.533. The molecule has 3 nitrogen and oxygen atoms in total. The smallest absolute Gasteiger partial charge is 0.251 e. The zero-order chi connectivity index (χ0) is 13.1. The van der Waals surface area contributed by atoms with Crippen LogP contribution in [0, 0.1) is 5.92 Å². The lowest BCUT2D eigenvalue weighted by atomic mass is 9.92. The molecule has 18 heavy (non-hydrogen) atoms. The number of hydrogen-bond acceptors (Lipinski definition) is 2. The fourth-order valence-electron chi connectivity index (χ4n) is 2.54. The van der Waals surface area contributed by atoms with E-state index in [0.717, 1.165) is 24.9 Å². The van der Waals surface area contributed by atoms with Gasteiger partial charge in [0.25, 0.3) is 5.91 Å². The van der Waals surface area contributed by atoms with Crippen LogP contribution in [0.4, 0.5) is 0 Å². The molecule has 2 N–H and O–H groups in total. The topological polar surface area (TPSA) is 41.1 Å². The third kappa shape index (κ3) is 2.72. The van der Waals surface area contributed by atoms with Gasteiger partial charge in [0.15, 0.2) is 0 Å². The van der Waals surface area contributed by atoms with Gasteiger partial charge in [0.1, 0.15) is 0 Å². The molecule has 98 valence electrons. The predicted octanol–water partition coefficient (Wildman–Crippen LogP) is 2.28. The minimum Gasteiger partial charge on any atom is -0.352 e. The van der Waals surface area contributed by atoms with Crippen LogP contribution in [-0.2, 0) is 6.42 Å². The van der Waals surface area contributed by atoms with E-state index in [9.17, 15) is 4.79 Å². The summed E-state index contributed by atoms with van der Waals surface area (Å²) in [5.74, 6) is 0.699. The van der Waals surface area contributed by atoms with Crippen molar-refractivity contribution in [3.8, 4) is 0 Å². The number of fused-ring (bicyclic) bond motifs is 1. The number of nitrogens with one attached hydrogen (secondary N) is 2. The van der Waals surface area contributed by atoms with E-state index in [-0.39, 0.29) is 5.91 Å². The van der Waals surface area contributed by atoms with Crippen LogP contribution in [0.2, 0.25) is 0 Å². The summed E-state index contributed by atoms with van der Waals surface area (Å²) >= 11 is 0. The molecule has 1 aliphatic rings. The Labute approximate surface area is 109 Å². The Balaban J connectivity index is 2.28. The first-order valence-corrected chi connectivity index (χ1v) is 6.70. The number of hydrogen-bond donors (Lipinski definition) is 2. The van der Waals surface area contributed by atoms with Gasteiger partial charge in [-0.15, -0.1) is 0 Å². The van der Waals surface area contributed by atoms with E-state index in [1.54, 1.807) is 0 Å². The molecule has 1 amide bonds. The Hall–Kier alpha value is -1.35. The molecule has 1 unspecified atom stereocenters. The zero-order valence-electron chi connectivity index (χ0n) is 11.4. The van der Waals surface area contributed by atoms with Gasteiger partial charge < -0.3 is 10.6 Å². The van der Waals surface area contributed by atoms with Crippen molar-refractivity contribution in [3.63, 3.8) is 0 Å². The van der Waals surface area contributed by atoms with E-state index < -0.39 is 0 Å². The highest BCUT2D eigenvalue weighted by molar-refractivity contribution is 5.96. The molecule has 0 aromatic heterocycles. The Kier molecular flexibility index (Phi) is 4.02. The summed E-state index contributed by atoms with van der Waals surface area (Å²) in [5.41, 5.74) is 3.23. The fourth-order valence-corrected chi connectivity index (χ4v) is 2.54. The second kappa shape index (κ2) is 5.53. The van der Waals surface area contributed by atoms with Crippen LogP contribution >= 0.6 is 0 Å². The normalized spacial score (nSPS) is 16.3. The lowest BCUT2D eigenvalue weighted by Crippen LogP contribution is -2.32. The molecule has 2 rings (SSSR count). The Morgan fingerprint density at radius 1 is 1.39 bits per heavy atom. The predicted molar refractivity (Wildman–Crippen MR) is 73.7 cm³/mol. The second-order valence-corrected chi connectivity index (χ2v) is 5.39. The molecular formula is C15H22N2O. The highest BCUT2D eigenvalue weighted by atomic mass is 16.1. The van der Waals surface area contributed by atoms with Gasteiger partial charge in [-0.3, -0.25) is 4.79 Å². The molecule has 1 atom stereocenters. The van der Waals surface area contributed by atoms with Gasteiger partial charge in [0.2, 0.25) is 0 Å². The van der Waals surface area contributed by atoms with Crippen molar-refractivity contribution in [1.29, 1.82) is 0 Å². The van der Waals surface area contributed by atoms with Crippen LogP contribution in [0.5, 0.6) is 0 Å². The van der Waals surface area contributed by atoms with Crippen LogP contribution < -0.4 is 10.6 Å². The van der Waals surface area contributed by atoms with Gasteiger partial charge in [0.05, 0.1) is 0 Å². The molecule has 0 saturated heterocycles. The highest BCUT2D eigenvalue weighted by Crippen LogP contribution is 2.24. The summed E-state index contributed by atoms with van der Waals surface area (Å²) in [5, 5.41) is 6.24. The van der Waals surface area contributed by atoms with E-state index in [1.165, 1.54) is 11.1 Å². The average molecular weight is 246 g/mol. The summed E-state index contributed by atoms with van der Waals surface area (Å²) in [4.78, 5) is 11.8. The molecular weight excluding hydrogens is 224 g/mol. The molecule has 0 fully saturated rings. The molecule has 1 heterocycles. The third-order valence-electron chi connectivity index (χ3n) is 3.52. The summed E-state index contributed by atoms with van der Waals surface area (Å²) in [7, 11) is 1.98. The van der Waals surface area contributed by atoms with Crippen LogP contribution in [0.3, 0.4) is 0 Å². The highest BCUT2D eigenvalue weighted by Gasteiger charge is 2.19. The molecule has 0 saturated carbocycles. The van der Waals surface area contributed by atoms with E-state index in [2.05, 4.69) is 36.6 Å². The summed E-state index contributed by atoms with van der Waals surface area (Å²) in [6.07, 6.45) is 2.02. The Morgan fingerprint density at radius 3 is 2.83 bits per heavy atom. The van der Waals surface area contributed by atoms with Crippen molar-refractivity contribution >= 4 is 5.91 Å². The maximum atomic E-state index is 11.8. The van der Waals surface area contributed by atoms with Crippen molar-refractivity contribution in [2.24, 2.45) is 5.92 Å². The summed E-state index contributed by atoms with van der Waals surface area (Å²) in [6.45, 7) is 5.19. The van der Waals surface area contributed by atoms with Crippen molar-refractivity contribution < 1.29 is 4.79 Å². The van der Waals surface area contributed by atoms with Gasteiger partial charge >= 0.3 is 0 Å². The van der Waals surface area contributed by atoms with Gasteiger partial charge in [-0.05, 0) is 43.0 Å². The van der Waals surface area contributed by atoms with Crippen LogP contribution in [-0.4, -0.2) is 19.5 Å². The number of carbonyl (C=O) groups is 1. The minimum absolute atomic E-state index is 0.0671. The zero-order valence-corrected chi connectivity index (χ0v) is 11.4. The molecule has 0 spiro atoms. The van der Waals surface area contributed by atoms with Crippen molar-refractivity contribution in [2.75, 3.05) is 13.6 Å². The second-order valence-electron chi connectivity index (χ2n) is 5.39. The number of amides is 1. The maximum Gasteiger partial charge on any atom is 0.251 e. The lowest BCUT2D eigenvalue weighted by Gasteiger charge is -2.22. The Bertz CT molecular complexity index is 440. The van der Waals surface area contributed by atoms with E-state index in [1.807, 2.05) is 13.1 Å². The molecule has 3 heteroatoms. The first kappa shape index (κ1) is 13.1. The summed E-state index contributed by atoms with van der Waals surface area (Å²) < 4.78 is 0. The standard InChI is InChI=1S/C15H22N2O/c1-10(2)8-14(16-3)12-5-4-11-6-7-17-15(18)13(11)9-12/h4-5,9-10,14,16H,6-8H2,1-3H3,(H,17,18). The molecule has 0 radical (unpaired) electrons. The lowest BCUT2D eigenvalue weighted by molar-refractivity contribution is 0.0946. The first-order valence-electron chi connectivity index (χ1n) is 6.70. The van der Waals surface area contributed by atoms with Crippen LogP contribution in [0.15, 0.2) is 18.2 Å². The molecule has 0 aliphatic carbocycles. The largest absolute Gasteiger partial charge is 0.352 e. The van der Waals surface area contributed by atoms with Crippen LogP contribution in [0.25, 0.3) is 0 Å². The van der Waals surface area contributed by atoms with E-state index >= 15 is 0 Å². The minimum atomic E-state index is 0.0671. The summed E-state index contributed by atoms with van der Waals surface area (Å²) in [6, 6.07) is 6.63.